The molecule has 0 spiro atoms. The van der Waals surface area contributed by atoms with E-state index in [9.17, 15) is 4.79 Å². The van der Waals surface area contributed by atoms with Crippen LogP contribution in [0.2, 0.25) is 0 Å². The van der Waals surface area contributed by atoms with E-state index in [-0.39, 0.29) is 5.16 Å². The molecule has 1 rings (SSSR count). The van der Waals surface area contributed by atoms with Crippen LogP contribution in [0.1, 0.15) is 0 Å². The Labute approximate surface area is 54.9 Å². The molecule has 0 saturated heterocycles. The van der Waals surface area contributed by atoms with Gasteiger partial charge in [-0.3, -0.25) is 0 Å². The van der Waals surface area contributed by atoms with Gasteiger partial charge in [-0.15, -0.1) is 4.68 Å². The van der Waals surface area contributed by atoms with Crippen LogP contribution in [-0.4, -0.2) is 20.2 Å². The molecule has 0 radical (unpaired) electrons. The van der Waals surface area contributed by atoms with Gasteiger partial charge in [-0.25, -0.2) is 9.89 Å². The van der Waals surface area contributed by atoms with Gasteiger partial charge in [0, 0.05) is 0 Å². The molecule has 48 valence electrons. The van der Waals surface area contributed by atoms with E-state index in [1.54, 1.807) is 0 Å². The molecule has 5 nitrogen and oxygen atoms in total. The van der Waals surface area contributed by atoms with Crippen molar-refractivity contribution in [1.82, 2.24) is 20.2 Å². The molecule has 9 heavy (non-hydrogen) atoms. The molecule has 0 aliphatic heterocycles. The van der Waals surface area contributed by atoms with Crippen LogP contribution in [0, 0.1) is 0 Å². The number of nitrogens with zero attached hydrogens (tertiary/aromatic N) is 3. The van der Waals surface area contributed by atoms with Crippen molar-refractivity contribution in [3.63, 3.8) is 0 Å². The van der Waals surface area contributed by atoms with Crippen molar-refractivity contribution in [3.05, 3.63) is 17.1 Å². The molecule has 1 heterocycles. The predicted octanol–water partition coefficient (Wildman–Crippen LogP) is -0.367. The molecule has 0 aliphatic carbocycles. The minimum Gasteiger partial charge on any atom is -0.244 e. The standard InChI is InChI=1S/C3H3ClN4O/c1-2(4)8-3(9)5-6-7-8/h1H2,(H,5,7,9). The number of aromatic nitrogens is 4. The van der Waals surface area contributed by atoms with Crippen molar-refractivity contribution in [2.45, 2.75) is 0 Å². The Hall–Kier alpha value is -1.10. The first-order valence-corrected chi connectivity index (χ1v) is 2.45. The fraction of sp³-hybridized carbons (Fsp3) is 0. The summed E-state index contributed by atoms with van der Waals surface area (Å²) in [5, 5.41) is 8.53. The lowest BCUT2D eigenvalue weighted by Gasteiger charge is -1.85. The number of tetrazole rings is 1. The molecule has 1 aromatic rings. The maximum Gasteiger partial charge on any atom is 0.366 e. The van der Waals surface area contributed by atoms with Gasteiger partial charge in [-0.05, 0) is 10.4 Å². The molecule has 0 atom stereocenters. The number of rotatable bonds is 1. The van der Waals surface area contributed by atoms with Gasteiger partial charge < -0.3 is 0 Å². The summed E-state index contributed by atoms with van der Waals surface area (Å²) >= 11 is 5.30. The monoisotopic (exact) mass is 146 g/mol. The van der Waals surface area contributed by atoms with E-state index in [1.807, 2.05) is 0 Å². The fourth-order valence-electron chi connectivity index (χ4n) is 0.357. The number of nitrogens with one attached hydrogen (secondary N) is 1. The largest absolute Gasteiger partial charge is 0.366 e. The first-order valence-electron chi connectivity index (χ1n) is 2.07. The zero-order chi connectivity index (χ0) is 6.85. The molecule has 0 amide bonds. The Morgan fingerprint density at radius 1 is 1.89 bits per heavy atom. The van der Waals surface area contributed by atoms with E-state index in [4.69, 9.17) is 11.6 Å². The molecule has 0 saturated carbocycles. The summed E-state index contributed by atoms with van der Waals surface area (Å²) in [5.74, 6) is 0. The van der Waals surface area contributed by atoms with Gasteiger partial charge in [0.25, 0.3) is 0 Å². The summed E-state index contributed by atoms with van der Waals surface area (Å²) in [6.45, 7) is 3.26. The van der Waals surface area contributed by atoms with Crippen LogP contribution in [0.15, 0.2) is 11.4 Å². The highest BCUT2D eigenvalue weighted by Crippen LogP contribution is 1.96. The van der Waals surface area contributed by atoms with Crippen LogP contribution in [0.25, 0.3) is 5.16 Å². The first kappa shape index (κ1) is 6.03. The highest BCUT2D eigenvalue weighted by atomic mass is 35.5. The molecule has 0 aliphatic rings. The lowest BCUT2D eigenvalue weighted by atomic mass is 11.0. The number of halogens is 1. The van der Waals surface area contributed by atoms with E-state index >= 15 is 0 Å². The predicted molar refractivity (Wildman–Crippen MR) is 31.8 cm³/mol. The fourth-order valence-corrected chi connectivity index (χ4v) is 0.467. The first-order chi connectivity index (χ1) is 4.22. The highest BCUT2D eigenvalue weighted by molar-refractivity contribution is 6.44. The SMILES string of the molecule is C=C(Cl)n1nn[nH]c1=O. The molecular weight excluding hydrogens is 144 g/mol. The van der Waals surface area contributed by atoms with Crippen LogP contribution < -0.4 is 5.69 Å². The molecule has 6 heteroatoms. The topological polar surface area (TPSA) is 63.6 Å². The smallest absolute Gasteiger partial charge is 0.244 e. The number of H-pyrrole nitrogens is 1. The zero-order valence-corrected chi connectivity index (χ0v) is 5.09. The molecule has 1 N–H and O–H groups in total. The maximum absolute atomic E-state index is 10.5. The highest BCUT2D eigenvalue weighted by Gasteiger charge is 1.97. The van der Waals surface area contributed by atoms with E-state index in [0.29, 0.717) is 0 Å². The Morgan fingerprint density at radius 2 is 2.56 bits per heavy atom. The van der Waals surface area contributed by atoms with Crippen molar-refractivity contribution < 1.29 is 0 Å². The van der Waals surface area contributed by atoms with Crippen molar-refractivity contribution in [3.8, 4) is 0 Å². The van der Waals surface area contributed by atoms with Gasteiger partial charge >= 0.3 is 5.69 Å². The van der Waals surface area contributed by atoms with Crippen molar-refractivity contribution in [2.75, 3.05) is 0 Å². The summed E-state index contributed by atoms with van der Waals surface area (Å²) < 4.78 is 0.849. The molecule has 0 unspecified atom stereocenters. The zero-order valence-electron chi connectivity index (χ0n) is 4.33. The minimum atomic E-state index is -0.491. The van der Waals surface area contributed by atoms with Gasteiger partial charge in [-0.2, -0.15) is 0 Å². The van der Waals surface area contributed by atoms with Crippen LogP contribution in [0.3, 0.4) is 0 Å². The van der Waals surface area contributed by atoms with Gasteiger partial charge in [-0.1, -0.05) is 18.2 Å². The Kier molecular flexibility index (Phi) is 1.35. The van der Waals surface area contributed by atoms with Crippen LogP contribution in [0.5, 0.6) is 0 Å². The summed E-state index contributed by atoms with van der Waals surface area (Å²) in [6.07, 6.45) is 0. The summed E-state index contributed by atoms with van der Waals surface area (Å²) in [4.78, 5) is 10.5. The van der Waals surface area contributed by atoms with Crippen molar-refractivity contribution in [1.29, 1.82) is 0 Å². The maximum atomic E-state index is 10.5. The van der Waals surface area contributed by atoms with Gasteiger partial charge in [0.2, 0.25) is 0 Å². The van der Waals surface area contributed by atoms with Crippen LogP contribution in [-0.2, 0) is 0 Å². The van der Waals surface area contributed by atoms with Crippen molar-refractivity contribution >= 4 is 16.8 Å². The second-order valence-electron chi connectivity index (χ2n) is 1.29. The third-order valence-electron chi connectivity index (χ3n) is 0.702. The van der Waals surface area contributed by atoms with Crippen LogP contribution in [0.4, 0.5) is 0 Å². The lowest BCUT2D eigenvalue weighted by molar-refractivity contribution is 0.807. The van der Waals surface area contributed by atoms with Gasteiger partial charge in [0.1, 0.15) is 5.16 Å². The van der Waals surface area contributed by atoms with E-state index in [2.05, 4.69) is 22.1 Å². The quantitative estimate of drug-likeness (QED) is 0.588. The summed E-state index contributed by atoms with van der Waals surface area (Å²) in [6, 6.07) is 0. The number of aromatic amines is 1. The second kappa shape index (κ2) is 2.02. The lowest BCUT2D eigenvalue weighted by Crippen LogP contribution is -2.14. The Bertz CT molecular complexity index is 273. The molecule has 0 fully saturated rings. The minimum absolute atomic E-state index is 0.0220. The number of hydrogen-bond donors (Lipinski definition) is 1. The normalized spacial score (nSPS) is 9.44. The second-order valence-corrected chi connectivity index (χ2v) is 1.73. The summed E-state index contributed by atoms with van der Waals surface area (Å²) in [7, 11) is 0. The molecule has 0 aromatic carbocycles. The third-order valence-corrected chi connectivity index (χ3v) is 0.862. The van der Waals surface area contributed by atoms with Gasteiger partial charge in [0.05, 0.1) is 0 Å². The molecule has 1 aromatic heterocycles. The number of hydrogen-bond acceptors (Lipinski definition) is 3. The van der Waals surface area contributed by atoms with E-state index < -0.39 is 5.69 Å². The average molecular weight is 147 g/mol. The van der Waals surface area contributed by atoms with Gasteiger partial charge in [0.15, 0.2) is 0 Å². The Balaban J connectivity index is 3.24. The van der Waals surface area contributed by atoms with Crippen LogP contribution >= 0.6 is 11.6 Å². The van der Waals surface area contributed by atoms with Crippen molar-refractivity contribution in [2.24, 2.45) is 0 Å². The summed E-state index contributed by atoms with van der Waals surface area (Å²) in [5.41, 5.74) is -0.491. The molecular formula is C3H3ClN4O. The Morgan fingerprint density at radius 3 is 2.78 bits per heavy atom. The van der Waals surface area contributed by atoms with E-state index in [0.717, 1.165) is 4.68 Å². The average Bonchev–Trinajstić information content (AvgIpc) is 2.13. The third kappa shape index (κ3) is 0.996. The van der Waals surface area contributed by atoms with E-state index in [1.165, 1.54) is 0 Å². The molecule has 0 bridgehead atoms.